The topological polar surface area (TPSA) is 52.6 Å². The van der Waals surface area contributed by atoms with Crippen molar-refractivity contribution in [1.29, 1.82) is 0 Å². The van der Waals surface area contributed by atoms with Crippen LogP contribution in [-0.4, -0.2) is 69.2 Å². The smallest absolute Gasteiger partial charge is 0.211 e. The Morgan fingerprint density at radius 2 is 1.89 bits per heavy atom. The Labute approximate surface area is 111 Å². The third-order valence-electron chi connectivity index (χ3n) is 4.18. The molecular formula is C12H25N3O2S. The molecule has 0 aromatic carbocycles. The minimum absolute atomic E-state index is 0.573. The molecule has 2 atom stereocenters. The second kappa shape index (κ2) is 5.86. The first-order valence-corrected chi connectivity index (χ1v) is 8.72. The number of hydrogen-bond donors (Lipinski definition) is 1. The van der Waals surface area contributed by atoms with Crippen LogP contribution in [0.4, 0.5) is 0 Å². The summed E-state index contributed by atoms with van der Waals surface area (Å²) >= 11 is 0. The maximum atomic E-state index is 11.4. The van der Waals surface area contributed by atoms with E-state index in [0.717, 1.165) is 32.1 Å². The lowest BCUT2D eigenvalue weighted by Crippen LogP contribution is -2.54. The highest BCUT2D eigenvalue weighted by molar-refractivity contribution is 7.88. The van der Waals surface area contributed by atoms with Crippen LogP contribution in [0.2, 0.25) is 0 Å². The Morgan fingerprint density at radius 1 is 1.22 bits per heavy atom. The van der Waals surface area contributed by atoms with Crippen molar-refractivity contribution in [2.45, 2.75) is 25.8 Å². The van der Waals surface area contributed by atoms with E-state index < -0.39 is 10.0 Å². The molecule has 2 saturated heterocycles. The van der Waals surface area contributed by atoms with Crippen LogP contribution in [0.15, 0.2) is 0 Å². The molecule has 1 N–H and O–H groups in total. The summed E-state index contributed by atoms with van der Waals surface area (Å²) in [7, 11) is -3.00. The van der Waals surface area contributed by atoms with Gasteiger partial charge in [-0.3, -0.25) is 4.90 Å². The highest BCUT2D eigenvalue weighted by Crippen LogP contribution is 2.17. The molecule has 0 bridgehead atoms. The maximum absolute atomic E-state index is 11.4. The number of piperidine rings is 1. The minimum atomic E-state index is -3.00. The Morgan fingerprint density at radius 3 is 2.44 bits per heavy atom. The average Bonchev–Trinajstić information content (AvgIpc) is 2.32. The maximum Gasteiger partial charge on any atom is 0.211 e. The van der Waals surface area contributed by atoms with E-state index in [-0.39, 0.29) is 0 Å². The Hall–Kier alpha value is -0.170. The first-order chi connectivity index (χ1) is 8.47. The van der Waals surface area contributed by atoms with Crippen molar-refractivity contribution in [2.75, 3.05) is 45.5 Å². The predicted octanol–water partition coefficient (Wildman–Crippen LogP) is -0.0483. The SMILES string of the molecule is CC1CCCNC1CN1CCN(S(C)(=O)=O)CC1. The molecule has 0 radical (unpaired) electrons. The molecule has 0 aromatic heterocycles. The van der Waals surface area contributed by atoms with E-state index in [4.69, 9.17) is 0 Å². The van der Waals surface area contributed by atoms with Gasteiger partial charge in [0.05, 0.1) is 6.26 Å². The molecule has 2 unspecified atom stereocenters. The molecule has 18 heavy (non-hydrogen) atoms. The summed E-state index contributed by atoms with van der Waals surface area (Å²) in [6.45, 7) is 7.48. The van der Waals surface area contributed by atoms with Crippen LogP contribution in [0, 0.1) is 5.92 Å². The van der Waals surface area contributed by atoms with Gasteiger partial charge < -0.3 is 5.32 Å². The number of piperazine rings is 1. The molecule has 6 heteroatoms. The second-order valence-electron chi connectivity index (χ2n) is 5.64. The number of nitrogens with zero attached hydrogens (tertiary/aromatic N) is 2. The first-order valence-electron chi connectivity index (χ1n) is 6.87. The van der Waals surface area contributed by atoms with Gasteiger partial charge in [-0.05, 0) is 25.3 Å². The van der Waals surface area contributed by atoms with Gasteiger partial charge >= 0.3 is 0 Å². The van der Waals surface area contributed by atoms with Gasteiger partial charge in [-0.2, -0.15) is 4.31 Å². The van der Waals surface area contributed by atoms with E-state index >= 15 is 0 Å². The highest BCUT2D eigenvalue weighted by Gasteiger charge is 2.27. The Bertz CT molecular complexity index is 364. The number of hydrogen-bond acceptors (Lipinski definition) is 4. The summed E-state index contributed by atoms with van der Waals surface area (Å²) in [5.74, 6) is 0.728. The molecule has 0 spiro atoms. The lowest BCUT2D eigenvalue weighted by Gasteiger charge is -2.38. The first kappa shape index (κ1) is 14.2. The normalized spacial score (nSPS) is 32.6. The van der Waals surface area contributed by atoms with Crippen molar-refractivity contribution < 1.29 is 8.42 Å². The van der Waals surface area contributed by atoms with Gasteiger partial charge in [0.15, 0.2) is 0 Å². The monoisotopic (exact) mass is 275 g/mol. The summed E-state index contributed by atoms with van der Waals surface area (Å²) in [6, 6.07) is 0.573. The van der Waals surface area contributed by atoms with E-state index in [1.54, 1.807) is 4.31 Å². The van der Waals surface area contributed by atoms with Crippen molar-refractivity contribution in [2.24, 2.45) is 5.92 Å². The van der Waals surface area contributed by atoms with Crippen LogP contribution in [-0.2, 0) is 10.0 Å². The summed E-state index contributed by atoms with van der Waals surface area (Å²) in [4.78, 5) is 2.39. The number of rotatable bonds is 3. The van der Waals surface area contributed by atoms with E-state index in [2.05, 4.69) is 17.1 Å². The van der Waals surface area contributed by atoms with Gasteiger partial charge in [-0.15, -0.1) is 0 Å². The number of sulfonamides is 1. The minimum Gasteiger partial charge on any atom is -0.312 e. The molecule has 2 aliphatic rings. The third-order valence-corrected chi connectivity index (χ3v) is 5.49. The molecule has 2 heterocycles. The quantitative estimate of drug-likeness (QED) is 0.785. The molecule has 0 aliphatic carbocycles. The van der Waals surface area contributed by atoms with Crippen LogP contribution in [0.3, 0.4) is 0 Å². The zero-order valence-electron chi connectivity index (χ0n) is 11.4. The van der Waals surface area contributed by atoms with Gasteiger partial charge in [-0.1, -0.05) is 6.92 Å². The second-order valence-corrected chi connectivity index (χ2v) is 7.63. The van der Waals surface area contributed by atoms with E-state index in [1.807, 2.05) is 0 Å². The standard InChI is InChI=1S/C12H25N3O2S/c1-11-4-3-5-13-12(11)10-14-6-8-15(9-7-14)18(2,16)17/h11-13H,3-10H2,1-2H3. The molecular weight excluding hydrogens is 250 g/mol. The van der Waals surface area contributed by atoms with Gasteiger partial charge in [-0.25, -0.2) is 8.42 Å². The molecule has 2 fully saturated rings. The summed E-state index contributed by atoms with van der Waals surface area (Å²) < 4.78 is 24.4. The fourth-order valence-electron chi connectivity index (χ4n) is 2.88. The van der Waals surface area contributed by atoms with Crippen molar-refractivity contribution in [1.82, 2.24) is 14.5 Å². The lowest BCUT2D eigenvalue weighted by molar-refractivity contribution is 0.147. The van der Waals surface area contributed by atoms with Crippen LogP contribution in [0.5, 0.6) is 0 Å². The summed E-state index contributed by atoms with van der Waals surface area (Å²) in [5, 5.41) is 3.58. The van der Waals surface area contributed by atoms with E-state index in [1.165, 1.54) is 19.1 Å². The van der Waals surface area contributed by atoms with Crippen molar-refractivity contribution in [3.05, 3.63) is 0 Å². The zero-order chi connectivity index (χ0) is 13.2. The predicted molar refractivity (Wildman–Crippen MR) is 73.0 cm³/mol. The van der Waals surface area contributed by atoms with Crippen LogP contribution < -0.4 is 5.32 Å². The van der Waals surface area contributed by atoms with E-state index in [0.29, 0.717) is 19.1 Å². The molecule has 2 aliphatic heterocycles. The molecule has 2 rings (SSSR count). The summed E-state index contributed by atoms with van der Waals surface area (Å²) in [5.41, 5.74) is 0. The van der Waals surface area contributed by atoms with Crippen LogP contribution in [0.1, 0.15) is 19.8 Å². The fourth-order valence-corrected chi connectivity index (χ4v) is 3.71. The van der Waals surface area contributed by atoms with Gasteiger partial charge in [0, 0.05) is 38.8 Å². The zero-order valence-corrected chi connectivity index (χ0v) is 12.2. The lowest BCUT2D eigenvalue weighted by atomic mass is 9.92. The van der Waals surface area contributed by atoms with Crippen LogP contribution >= 0.6 is 0 Å². The van der Waals surface area contributed by atoms with E-state index in [9.17, 15) is 8.42 Å². The Kier molecular flexibility index (Phi) is 4.64. The van der Waals surface area contributed by atoms with Crippen molar-refractivity contribution in [3.63, 3.8) is 0 Å². The molecule has 0 saturated carbocycles. The molecule has 0 aromatic rings. The van der Waals surface area contributed by atoms with Crippen molar-refractivity contribution >= 4 is 10.0 Å². The van der Waals surface area contributed by atoms with Gasteiger partial charge in [0.1, 0.15) is 0 Å². The molecule has 106 valence electrons. The van der Waals surface area contributed by atoms with Gasteiger partial charge in [0.2, 0.25) is 10.0 Å². The van der Waals surface area contributed by atoms with Crippen LogP contribution in [0.25, 0.3) is 0 Å². The third kappa shape index (κ3) is 3.66. The fraction of sp³-hybridized carbons (Fsp3) is 1.00. The average molecular weight is 275 g/mol. The largest absolute Gasteiger partial charge is 0.312 e. The molecule has 5 nitrogen and oxygen atoms in total. The van der Waals surface area contributed by atoms with Gasteiger partial charge in [0.25, 0.3) is 0 Å². The highest BCUT2D eigenvalue weighted by atomic mass is 32.2. The molecule has 0 amide bonds. The van der Waals surface area contributed by atoms with Crippen molar-refractivity contribution in [3.8, 4) is 0 Å². The number of nitrogens with one attached hydrogen (secondary N) is 1. The Balaban J connectivity index is 1.79. The summed E-state index contributed by atoms with van der Waals surface area (Å²) in [6.07, 6.45) is 3.88.